The standard InChI is InChI=1S/C21H27N5O2S.Na/c1-26-11-4-7-17(26)10-12-29(28,23-14-22)25-21(27)24-20-18-8-2-5-15(18)13-16-6-3-9-19(16)20;/h10,12-13,17H,2-9,11H2,1H3,(H2,23,24,25,27,28);/q;+1/p-1/b12-10+;/t17-,29?;/m1./s1/i1D3;. The summed E-state index contributed by atoms with van der Waals surface area (Å²) in [6.07, 6.45) is 9.96. The van der Waals surface area contributed by atoms with Crippen molar-refractivity contribution in [3.63, 3.8) is 0 Å². The first-order valence-corrected chi connectivity index (χ1v) is 11.5. The Kier molecular flexibility index (Phi) is 6.34. The van der Waals surface area contributed by atoms with Gasteiger partial charge in [-0.25, -0.2) is 4.21 Å². The first-order valence-electron chi connectivity index (χ1n) is 11.5. The maximum atomic E-state index is 13.1. The summed E-state index contributed by atoms with van der Waals surface area (Å²) in [6.45, 7) is -1.88. The molecular formula is C21H26N5NaO2S. The molecule has 1 heterocycles. The first-order chi connectivity index (χ1) is 15.2. The number of fused-ring (bicyclic) bond motifs is 2. The van der Waals surface area contributed by atoms with Crippen molar-refractivity contribution in [2.24, 2.45) is 4.36 Å². The number of nitrogens with one attached hydrogen (secondary N) is 1. The number of hydrogen-bond acceptors (Lipinski definition) is 5. The molecule has 7 nitrogen and oxygen atoms in total. The van der Waals surface area contributed by atoms with Crippen LogP contribution < -0.4 is 34.9 Å². The van der Waals surface area contributed by atoms with Gasteiger partial charge < -0.3 is 10.0 Å². The molecule has 0 saturated carbocycles. The van der Waals surface area contributed by atoms with Crippen molar-refractivity contribution >= 4 is 21.6 Å². The molecule has 1 N–H and O–H groups in total. The van der Waals surface area contributed by atoms with Gasteiger partial charge in [-0.2, -0.15) is 5.26 Å². The van der Waals surface area contributed by atoms with E-state index in [9.17, 15) is 9.00 Å². The van der Waals surface area contributed by atoms with Gasteiger partial charge in [0.2, 0.25) is 6.19 Å². The van der Waals surface area contributed by atoms with Crippen molar-refractivity contribution < 1.29 is 42.7 Å². The van der Waals surface area contributed by atoms with Crippen molar-refractivity contribution in [1.82, 2.24) is 4.90 Å². The number of urea groups is 1. The molecule has 0 radical (unpaired) electrons. The van der Waals surface area contributed by atoms with Crippen LogP contribution in [0.25, 0.3) is 4.72 Å². The van der Waals surface area contributed by atoms with Crippen LogP contribution >= 0.6 is 0 Å². The molecule has 1 aromatic carbocycles. The molecule has 2 aliphatic carbocycles. The number of benzene rings is 1. The number of likely N-dealkylation sites (N-methyl/N-ethyl adjacent to an activating group) is 1. The number of nitriles is 1. The number of hydrogen-bond donors (Lipinski definition) is 1. The van der Waals surface area contributed by atoms with Crippen LogP contribution in [0.5, 0.6) is 0 Å². The number of rotatable bonds is 4. The predicted molar refractivity (Wildman–Crippen MR) is 114 cm³/mol. The van der Waals surface area contributed by atoms with E-state index in [4.69, 9.17) is 9.37 Å². The number of carbonyl (C=O) groups is 1. The largest absolute Gasteiger partial charge is 1.00 e. The second-order valence-corrected chi connectivity index (χ2v) is 9.43. The van der Waals surface area contributed by atoms with Gasteiger partial charge >= 0.3 is 29.6 Å². The van der Waals surface area contributed by atoms with Crippen molar-refractivity contribution in [1.29, 1.82) is 5.26 Å². The molecule has 2 amide bonds. The summed E-state index contributed by atoms with van der Waals surface area (Å²) in [6, 6.07) is 0.954. The molecule has 1 fully saturated rings. The van der Waals surface area contributed by atoms with Gasteiger partial charge in [-0.3, -0.25) is 9.69 Å². The average Bonchev–Trinajstić information content (AvgIpc) is 3.45. The number of nitrogens with zero attached hydrogens (tertiary/aromatic N) is 4. The van der Waals surface area contributed by atoms with Crippen LogP contribution in [-0.4, -0.2) is 34.7 Å². The third kappa shape index (κ3) is 4.92. The van der Waals surface area contributed by atoms with Gasteiger partial charge in [0.05, 0.1) is 0 Å². The number of amides is 2. The average molecular weight is 439 g/mol. The molecule has 0 bridgehead atoms. The fourth-order valence-corrected chi connectivity index (χ4v) is 5.49. The molecule has 0 aromatic heterocycles. The number of anilines is 1. The van der Waals surface area contributed by atoms with Crippen molar-refractivity contribution in [2.45, 2.75) is 57.4 Å². The topological polar surface area (TPSA) is 99.7 Å². The van der Waals surface area contributed by atoms with E-state index < -0.39 is 29.0 Å². The second-order valence-electron chi connectivity index (χ2n) is 7.72. The molecular weight excluding hydrogens is 409 g/mol. The number of carbonyl (C=O) groups excluding carboxylic acids is 1. The summed E-state index contributed by atoms with van der Waals surface area (Å²) >= 11 is 0. The van der Waals surface area contributed by atoms with E-state index in [0.717, 1.165) is 60.7 Å². The van der Waals surface area contributed by atoms with E-state index in [1.54, 1.807) is 0 Å². The molecule has 154 valence electrons. The predicted octanol–water partition coefficient (Wildman–Crippen LogP) is 1.05. The van der Waals surface area contributed by atoms with E-state index >= 15 is 0 Å². The smallest absolute Gasteiger partial charge is 0.423 e. The zero-order valence-electron chi connectivity index (χ0n) is 20.2. The van der Waals surface area contributed by atoms with Gasteiger partial charge in [-0.15, -0.1) is 4.36 Å². The number of aryl methyl sites for hydroxylation is 2. The minimum Gasteiger partial charge on any atom is -0.423 e. The summed E-state index contributed by atoms with van der Waals surface area (Å²) in [5.41, 5.74) is 5.50. The third-order valence-electron chi connectivity index (χ3n) is 5.87. The molecule has 1 aliphatic heterocycles. The second kappa shape index (κ2) is 9.84. The van der Waals surface area contributed by atoms with Crippen LogP contribution in [0, 0.1) is 11.5 Å². The zero-order chi connectivity index (χ0) is 22.9. The van der Waals surface area contributed by atoms with Crippen LogP contribution in [0.4, 0.5) is 10.5 Å². The van der Waals surface area contributed by atoms with Crippen LogP contribution in [-0.2, 0) is 35.6 Å². The molecule has 1 unspecified atom stereocenters. The van der Waals surface area contributed by atoms with E-state index in [-0.39, 0.29) is 29.6 Å². The van der Waals surface area contributed by atoms with Crippen LogP contribution in [0.15, 0.2) is 21.9 Å². The monoisotopic (exact) mass is 438 g/mol. The molecule has 2 atom stereocenters. The van der Waals surface area contributed by atoms with Gasteiger partial charge in [-0.05, 0) is 92.8 Å². The maximum absolute atomic E-state index is 13.1. The third-order valence-corrected chi connectivity index (χ3v) is 7.15. The summed E-state index contributed by atoms with van der Waals surface area (Å²) in [5, 5.41) is 12.9. The van der Waals surface area contributed by atoms with Crippen LogP contribution in [0.1, 0.15) is 52.0 Å². The molecule has 9 heteroatoms. The SMILES string of the molecule is [2H]C([2H])([2H])N1CCC[C@@H]1/C=C/S(=O)(=NC#N)[N-]C(=O)Nc1c2c(cc3c1CCC3)CCC2.[Na+]. The molecule has 30 heavy (non-hydrogen) atoms. The maximum Gasteiger partial charge on any atom is 1.00 e. The van der Waals surface area contributed by atoms with Gasteiger partial charge in [0.1, 0.15) is 9.92 Å². The Morgan fingerprint density at radius 2 is 2.03 bits per heavy atom. The number of likely N-dealkylation sites (tertiary alicyclic amines) is 1. The molecule has 1 saturated heterocycles. The quantitative estimate of drug-likeness (QED) is 0.561. The fourth-order valence-electron chi connectivity index (χ4n) is 4.54. The Bertz CT molecular complexity index is 1090. The first kappa shape index (κ1) is 19.3. The van der Waals surface area contributed by atoms with Gasteiger partial charge in [-0.1, -0.05) is 12.1 Å². The van der Waals surface area contributed by atoms with Gasteiger partial charge in [0, 0.05) is 15.6 Å². The Balaban J connectivity index is 0.00000306. The summed E-state index contributed by atoms with van der Waals surface area (Å²) < 4.78 is 43.1. The Hall–Kier alpha value is -1.37. The molecule has 3 aliphatic rings. The van der Waals surface area contributed by atoms with E-state index in [1.165, 1.54) is 28.3 Å². The van der Waals surface area contributed by atoms with Crippen LogP contribution in [0.2, 0.25) is 0 Å². The van der Waals surface area contributed by atoms with E-state index in [0.29, 0.717) is 19.4 Å². The minimum atomic E-state index is -3.66. The van der Waals surface area contributed by atoms with E-state index in [2.05, 4.69) is 20.5 Å². The molecule has 1 aromatic rings. The normalized spacial score (nSPS) is 23.8. The van der Waals surface area contributed by atoms with Crippen LogP contribution in [0.3, 0.4) is 0 Å². The zero-order valence-corrected chi connectivity index (χ0v) is 20.0. The Morgan fingerprint density at radius 3 is 2.67 bits per heavy atom. The minimum absolute atomic E-state index is 0. The summed E-state index contributed by atoms with van der Waals surface area (Å²) in [5.74, 6) is 0. The van der Waals surface area contributed by atoms with Crippen molar-refractivity contribution in [3.05, 3.63) is 44.5 Å². The molecule has 4 rings (SSSR count). The summed E-state index contributed by atoms with van der Waals surface area (Å²) in [4.78, 5) is 14.1. The summed E-state index contributed by atoms with van der Waals surface area (Å²) in [7, 11) is -3.66. The van der Waals surface area contributed by atoms with Gasteiger partial charge in [0.15, 0.2) is 6.03 Å². The van der Waals surface area contributed by atoms with E-state index in [1.807, 2.05) is 0 Å². The fraction of sp³-hybridized carbons (Fsp3) is 0.524. The Morgan fingerprint density at radius 1 is 1.33 bits per heavy atom. The van der Waals surface area contributed by atoms with Gasteiger partial charge in [0.25, 0.3) is 0 Å². The van der Waals surface area contributed by atoms with Crippen molar-refractivity contribution in [3.8, 4) is 6.19 Å². The van der Waals surface area contributed by atoms with Crippen molar-refractivity contribution in [2.75, 3.05) is 18.8 Å². The Labute approximate surface area is 205 Å². The molecule has 0 spiro atoms.